The molecule has 1 aliphatic rings. The number of anilines is 1. The maximum Gasteiger partial charge on any atom is 0.142 e. The van der Waals surface area contributed by atoms with Crippen LogP contribution < -0.4 is 9.64 Å². The van der Waals surface area contributed by atoms with Gasteiger partial charge in [-0.15, -0.1) is 0 Å². The van der Waals surface area contributed by atoms with Crippen LogP contribution in [-0.2, 0) is 0 Å². The predicted molar refractivity (Wildman–Crippen MR) is 107 cm³/mol. The highest BCUT2D eigenvalue weighted by Gasteiger charge is 2.20. The Morgan fingerprint density at radius 1 is 1.04 bits per heavy atom. The number of benzene rings is 1. The number of nitrogens with zero attached hydrogens (tertiary/aromatic N) is 4. The number of hydrogen-bond acceptors (Lipinski definition) is 4. The van der Waals surface area contributed by atoms with E-state index in [1.54, 1.807) is 0 Å². The lowest BCUT2D eigenvalue weighted by atomic mass is 10.0. The van der Waals surface area contributed by atoms with E-state index < -0.39 is 0 Å². The van der Waals surface area contributed by atoms with Crippen molar-refractivity contribution in [2.24, 2.45) is 0 Å². The second kappa shape index (κ2) is 6.13. The normalized spacial score (nSPS) is 13.5. The minimum Gasteiger partial charge on any atom is -0.490 e. The van der Waals surface area contributed by atoms with Gasteiger partial charge in [0.1, 0.15) is 18.0 Å². The maximum atomic E-state index is 5.81. The summed E-state index contributed by atoms with van der Waals surface area (Å²) in [5, 5.41) is 0. The molecular formula is C22H20N4O. The van der Waals surface area contributed by atoms with Gasteiger partial charge < -0.3 is 9.64 Å². The molecule has 0 bridgehead atoms. The van der Waals surface area contributed by atoms with Gasteiger partial charge in [0.15, 0.2) is 0 Å². The van der Waals surface area contributed by atoms with E-state index in [4.69, 9.17) is 9.72 Å². The van der Waals surface area contributed by atoms with Crippen molar-refractivity contribution >= 4 is 11.3 Å². The van der Waals surface area contributed by atoms with Crippen molar-refractivity contribution in [3.8, 4) is 28.3 Å². The molecule has 134 valence electrons. The number of aryl methyl sites for hydroxylation is 1. The number of aromatic nitrogens is 3. The molecule has 0 radical (unpaired) electrons. The molecule has 5 heteroatoms. The number of hydrogen-bond donors (Lipinski definition) is 0. The highest BCUT2D eigenvalue weighted by atomic mass is 16.5. The minimum atomic E-state index is 0.722. The molecular weight excluding hydrogens is 336 g/mol. The minimum absolute atomic E-state index is 0.722. The molecule has 1 aliphatic heterocycles. The highest BCUT2D eigenvalue weighted by molar-refractivity contribution is 5.84. The van der Waals surface area contributed by atoms with Gasteiger partial charge >= 0.3 is 0 Å². The molecule has 0 saturated heterocycles. The van der Waals surface area contributed by atoms with E-state index in [1.807, 2.05) is 37.4 Å². The van der Waals surface area contributed by atoms with Crippen LogP contribution in [0.5, 0.6) is 5.75 Å². The zero-order valence-electron chi connectivity index (χ0n) is 15.4. The van der Waals surface area contributed by atoms with E-state index in [9.17, 15) is 0 Å². The van der Waals surface area contributed by atoms with Crippen molar-refractivity contribution in [3.05, 3.63) is 66.6 Å². The summed E-state index contributed by atoms with van der Waals surface area (Å²) >= 11 is 0. The number of ether oxygens (including phenoxy) is 1. The van der Waals surface area contributed by atoms with Crippen LogP contribution in [0.15, 0.2) is 60.9 Å². The Bertz CT molecular complexity index is 1150. The molecule has 4 aromatic rings. The molecule has 0 saturated carbocycles. The van der Waals surface area contributed by atoms with Crippen molar-refractivity contribution < 1.29 is 4.74 Å². The lowest BCUT2D eigenvalue weighted by molar-refractivity contribution is 0.311. The summed E-state index contributed by atoms with van der Waals surface area (Å²) in [7, 11) is 2.10. The SMILES string of the molecule is Cc1cc(-c2nc3ccccn3c2-c2ccc3c(c2)N(C)CCO3)ccn1. The molecule has 27 heavy (non-hydrogen) atoms. The number of rotatable bonds is 2. The largest absolute Gasteiger partial charge is 0.490 e. The fourth-order valence-electron chi connectivity index (χ4n) is 3.66. The Morgan fingerprint density at radius 2 is 1.96 bits per heavy atom. The number of imidazole rings is 1. The van der Waals surface area contributed by atoms with E-state index in [-0.39, 0.29) is 0 Å². The maximum absolute atomic E-state index is 5.81. The van der Waals surface area contributed by atoms with E-state index in [2.05, 4.69) is 51.8 Å². The second-order valence-corrected chi connectivity index (χ2v) is 6.88. The topological polar surface area (TPSA) is 42.7 Å². The van der Waals surface area contributed by atoms with Gasteiger partial charge in [-0.3, -0.25) is 9.38 Å². The zero-order valence-corrected chi connectivity index (χ0v) is 15.4. The first-order valence-electron chi connectivity index (χ1n) is 9.09. The van der Waals surface area contributed by atoms with Gasteiger partial charge in [0.2, 0.25) is 0 Å². The Hall–Kier alpha value is -3.34. The lowest BCUT2D eigenvalue weighted by Gasteiger charge is -2.28. The fourth-order valence-corrected chi connectivity index (χ4v) is 3.66. The molecule has 0 fully saturated rings. The summed E-state index contributed by atoms with van der Waals surface area (Å²) < 4.78 is 7.96. The third kappa shape index (κ3) is 2.63. The summed E-state index contributed by atoms with van der Waals surface area (Å²) in [6.07, 6.45) is 3.90. The second-order valence-electron chi connectivity index (χ2n) is 6.88. The van der Waals surface area contributed by atoms with Crippen LogP contribution in [0.2, 0.25) is 0 Å². The Kier molecular flexibility index (Phi) is 3.60. The monoisotopic (exact) mass is 356 g/mol. The van der Waals surface area contributed by atoms with Crippen molar-refractivity contribution in [2.45, 2.75) is 6.92 Å². The van der Waals surface area contributed by atoms with Gasteiger partial charge in [-0.1, -0.05) is 6.07 Å². The zero-order chi connectivity index (χ0) is 18.4. The first-order valence-corrected chi connectivity index (χ1v) is 9.09. The van der Waals surface area contributed by atoms with Crippen LogP contribution in [0.3, 0.4) is 0 Å². The van der Waals surface area contributed by atoms with E-state index in [0.717, 1.165) is 58.4 Å². The Balaban J connectivity index is 1.78. The summed E-state index contributed by atoms with van der Waals surface area (Å²) in [6, 6.07) is 16.6. The highest BCUT2D eigenvalue weighted by Crippen LogP contribution is 2.38. The third-order valence-corrected chi connectivity index (χ3v) is 5.03. The molecule has 0 spiro atoms. The Morgan fingerprint density at radius 3 is 2.85 bits per heavy atom. The predicted octanol–water partition coefficient (Wildman–Crippen LogP) is 4.20. The molecule has 1 aromatic carbocycles. The third-order valence-electron chi connectivity index (χ3n) is 5.03. The summed E-state index contributed by atoms with van der Waals surface area (Å²) in [5.74, 6) is 0.933. The average molecular weight is 356 g/mol. The van der Waals surface area contributed by atoms with Crippen molar-refractivity contribution in [3.63, 3.8) is 0 Å². The van der Waals surface area contributed by atoms with Crippen molar-refractivity contribution in [1.29, 1.82) is 0 Å². The standard InChI is InChI=1S/C22H20N4O/c1-15-13-16(8-9-23-15)21-22(26-10-4-3-5-20(26)24-21)17-6-7-19-18(14-17)25(2)11-12-27-19/h3-10,13-14H,11-12H2,1-2H3. The van der Waals surface area contributed by atoms with Crippen LogP contribution in [0.1, 0.15) is 5.69 Å². The molecule has 0 unspecified atom stereocenters. The molecule has 0 aliphatic carbocycles. The molecule has 5 nitrogen and oxygen atoms in total. The van der Waals surface area contributed by atoms with Crippen LogP contribution in [0.4, 0.5) is 5.69 Å². The van der Waals surface area contributed by atoms with Gasteiger partial charge in [-0.2, -0.15) is 0 Å². The van der Waals surface area contributed by atoms with Gasteiger partial charge in [0.05, 0.1) is 23.6 Å². The smallest absolute Gasteiger partial charge is 0.142 e. The van der Waals surface area contributed by atoms with E-state index in [0.29, 0.717) is 0 Å². The fraction of sp³-hybridized carbons (Fsp3) is 0.182. The number of likely N-dealkylation sites (N-methyl/N-ethyl adjacent to an activating group) is 1. The number of pyridine rings is 2. The van der Waals surface area contributed by atoms with Gasteiger partial charge in [-0.05, 0) is 49.4 Å². The van der Waals surface area contributed by atoms with Crippen LogP contribution in [0.25, 0.3) is 28.2 Å². The lowest BCUT2D eigenvalue weighted by Crippen LogP contribution is -2.28. The average Bonchev–Trinajstić information content (AvgIpc) is 3.08. The van der Waals surface area contributed by atoms with Crippen LogP contribution in [0, 0.1) is 6.92 Å². The summed E-state index contributed by atoms with van der Waals surface area (Å²) in [5.41, 5.74) is 7.26. The quantitative estimate of drug-likeness (QED) is 0.540. The van der Waals surface area contributed by atoms with Crippen LogP contribution in [-0.4, -0.2) is 34.6 Å². The van der Waals surface area contributed by atoms with Gasteiger partial charge in [-0.25, -0.2) is 4.98 Å². The number of fused-ring (bicyclic) bond motifs is 2. The van der Waals surface area contributed by atoms with Crippen LogP contribution >= 0.6 is 0 Å². The molecule has 0 N–H and O–H groups in total. The summed E-state index contributed by atoms with van der Waals surface area (Å²) in [4.78, 5) is 11.5. The van der Waals surface area contributed by atoms with E-state index in [1.165, 1.54) is 0 Å². The first-order chi connectivity index (χ1) is 13.2. The van der Waals surface area contributed by atoms with E-state index >= 15 is 0 Å². The Labute approximate surface area is 157 Å². The van der Waals surface area contributed by atoms with Gasteiger partial charge in [0, 0.05) is 36.3 Å². The molecule has 0 atom stereocenters. The molecule has 3 aromatic heterocycles. The first kappa shape index (κ1) is 15.9. The molecule has 4 heterocycles. The van der Waals surface area contributed by atoms with Crippen molar-refractivity contribution in [1.82, 2.24) is 14.4 Å². The molecule has 0 amide bonds. The molecule has 5 rings (SSSR count). The summed E-state index contributed by atoms with van der Waals surface area (Å²) in [6.45, 7) is 3.62. The van der Waals surface area contributed by atoms with Gasteiger partial charge in [0.25, 0.3) is 0 Å². The van der Waals surface area contributed by atoms with Crippen molar-refractivity contribution in [2.75, 3.05) is 25.1 Å².